The van der Waals surface area contributed by atoms with Crippen molar-refractivity contribution in [2.45, 2.75) is 31.8 Å². The Kier molecular flexibility index (Phi) is 4.55. The minimum absolute atomic E-state index is 0.0659. The minimum Gasteiger partial charge on any atom is -0.399 e. The van der Waals surface area contributed by atoms with Crippen LogP contribution in [0.5, 0.6) is 0 Å². The van der Waals surface area contributed by atoms with Gasteiger partial charge in [-0.05, 0) is 54.3 Å². The molecule has 0 radical (unpaired) electrons. The fraction of sp³-hybridized carbons (Fsp3) is 0.300. The third-order valence-corrected chi connectivity index (χ3v) is 5.21. The van der Waals surface area contributed by atoms with E-state index in [1.807, 2.05) is 42.5 Å². The van der Waals surface area contributed by atoms with Crippen molar-refractivity contribution in [3.63, 3.8) is 0 Å². The molecule has 2 heterocycles. The quantitative estimate of drug-likeness (QED) is 0.813. The van der Waals surface area contributed by atoms with Crippen LogP contribution in [0, 0.1) is 0 Å². The van der Waals surface area contributed by atoms with Gasteiger partial charge < -0.3 is 16.0 Å². The maximum atomic E-state index is 12.7. The zero-order chi connectivity index (χ0) is 18.1. The van der Waals surface area contributed by atoms with E-state index in [9.17, 15) is 4.79 Å². The molecule has 2 aromatic rings. The molecule has 5 nitrogen and oxygen atoms in total. The van der Waals surface area contributed by atoms with Gasteiger partial charge in [0, 0.05) is 30.2 Å². The van der Waals surface area contributed by atoms with E-state index in [0.29, 0.717) is 18.1 Å². The number of hydrogen-bond acceptors (Lipinski definition) is 4. The van der Waals surface area contributed by atoms with Crippen molar-refractivity contribution in [2.24, 2.45) is 4.99 Å². The molecule has 134 valence electrons. The van der Waals surface area contributed by atoms with Crippen molar-refractivity contribution >= 4 is 34.7 Å². The van der Waals surface area contributed by atoms with Crippen molar-refractivity contribution in [1.82, 2.24) is 10.2 Å². The molecule has 6 heteroatoms. The van der Waals surface area contributed by atoms with E-state index >= 15 is 0 Å². The van der Waals surface area contributed by atoms with Crippen LogP contribution in [0.4, 0.5) is 11.4 Å². The normalized spacial score (nSPS) is 18.1. The Hall–Kier alpha value is -2.53. The van der Waals surface area contributed by atoms with E-state index in [4.69, 9.17) is 22.3 Å². The van der Waals surface area contributed by atoms with Gasteiger partial charge in [0.15, 0.2) is 0 Å². The van der Waals surface area contributed by atoms with Crippen LogP contribution in [0.15, 0.2) is 47.5 Å². The highest BCUT2D eigenvalue weighted by atomic mass is 35.5. The summed E-state index contributed by atoms with van der Waals surface area (Å²) in [5.74, 6) is 1.06. The van der Waals surface area contributed by atoms with E-state index in [1.165, 1.54) is 0 Å². The van der Waals surface area contributed by atoms with Crippen LogP contribution in [0.2, 0.25) is 5.02 Å². The molecular formula is C20H21ClN4O. The summed E-state index contributed by atoms with van der Waals surface area (Å²) in [7, 11) is 0. The Bertz CT molecular complexity index is 863. The Morgan fingerprint density at radius 3 is 2.88 bits per heavy atom. The van der Waals surface area contributed by atoms with Gasteiger partial charge in [-0.15, -0.1) is 0 Å². The van der Waals surface area contributed by atoms with Gasteiger partial charge in [0.05, 0.1) is 5.69 Å². The van der Waals surface area contributed by atoms with Gasteiger partial charge in [-0.3, -0.25) is 4.79 Å². The van der Waals surface area contributed by atoms with Gasteiger partial charge in [-0.2, -0.15) is 0 Å². The second-order valence-electron chi connectivity index (χ2n) is 6.77. The molecule has 2 aromatic carbocycles. The van der Waals surface area contributed by atoms with Crippen LogP contribution in [-0.2, 0) is 17.8 Å². The average molecular weight is 369 g/mol. The fourth-order valence-corrected chi connectivity index (χ4v) is 3.78. The summed E-state index contributed by atoms with van der Waals surface area (Å²) < 4.78 is 0. The summed E-state index contributed by atoms with van der Waals surface area (Å²) in [6.45, 7) is 1.30. The molecule has 0 aromatic heterocycles. The highest BCUT2D eigenvalue weighted by Crippen LogP contribution is 2.34. The lowest BCUT2D eigenvalue weighted by molar-refractivity contribution is -0.124. The van der Waals surface area contributed by atoms with Crippen molar-refractivity contribution in [3.8, 4) is 0 Å². The molecule has 1 amide bonds. The number of nitrogens with two attached hydrogens (primary N) is 1. The molecule has 0 aliphatic carbocycles. The van der Waals surface area contributed by atoms with Gasteiger partial charge in [0.2, 0.25) is 5.91 Å². The zero-order valence-corrected chi connectivity index (χ0v) is 15.2. The molecule has 1 fully saturated rings. The first-order valence-electron chi connectivity index (χ1n) is 8.85. The number of amides is 1. The second kappa shape index (κ2) is 7.00. The number of nitrogens with zero attached hydrogens (tertiary/aromatic N) is 2. The van der Waals surface area contributed by atoms with Gasteiger partial charge in [0.1, 0.15) is 11.9 Å². The summed E-state index contributed by atoms with van der Waals surface area (Å²) in [6.07, 6.45) is 2.42. The smallest absolute Gasteiger partial charge is 0.242 e. The lowest BCUT2D eigenvalue weighted by Gasteiger charge is -2.30. The number of carbonyl (C=O) groups excluding carboxylic acids is 1. The topological polar surface area (TPSA) is 70.7 Å². The second-order valence-corrected chi connectivity index (χ2v) is 7.20. The van der Waals surface area contributed by atoms with Crippen LogP contribution < -0.4 is 11.1 Å². The SMILES string of the molecule is Nc1ccc(CCNC(=O)[C@@H]2CCC3=Nc4ccc(Cl)cc4CN32)cc1. The summed E-state index contributed by atoms with van der Waals surface area (Å²) in [5, 5.41) is 3.76. The largest absolute Gasteiger partial charge is 0.399 e. The molecule has 4 rings (SSSR count). The highest BCUT2D eigenvalue weighted by Gasteiger charge is 2.36. The number of fused-ring (bicyclic) bond motifs is 2. The van der Waals surface area contributed by atoms with Crippen molar-refractivity contribution < 1.29 is 4.79 Å². The summed E-state index contributed by atoms with van der Waals surface area (Å²) in [6, 6.07) is 13.3. The van der Waals surface area contributed by atoms with E-state index in [-0.39, 0.29) is 11.9 Å². The molecule has 0 spiro atoms. The number of nitrogens with one attached hydrogen (secondary N) is 1. The average Bonchev–Trinajstić information content (AvgIpc) is 3.04. The number of benzene rings is 2. The molecule has 1 atom stereocenters. The standard InChI is InChI=1S/C20H21ClN4O/c21-15-3-6-17-14(11-15)12-25-18(7-8-19(25)24-17)20(26)23-10-9-13-1-4-16(22)5-2-13/h1-6,11,18H,7-10,12,22H2,(H,23,26)/t18-/m0/s1. The third kappa shape index (κ3) is 3.40. The number of aliphatic imine (C=N–C) groups is 1. The highest BCUT2D eigenvalue weighted by molar-refractivity contribution is 6.30. The van der Waals surface area contributed by atoms with E-state index in [0.717, 1.165) is 47.6 Å². The number of halogens is 1. The number of nitrogen functional groups attached to an aromatic ring is 1. The third-order valence-electron chi connectivity index (χ3n) is 4.98. The Balaban J connectivity index is 1.38. The number of amidine groups is 1. The van der Waals surface area contributed by atoms with Crippen LogP contribution in [0.3, 0.4) is 0 Å². The first-order chi connectivity index (χ1) is 12.6. The van der Waals surface area contributed by atoms with E-state index in [1.54, 1.807) is 0 Å². The molecular weight excluding hydrogens is 348 g/mol. The Labute approximate surface area is 157 Å². The molecule has 0 bridgehead atoms. The molecule has 0 saturated carbocycles. The van der Waals surface area contributed by atoms with E-state index < -0.39 is 0 Å². The zero-order valence-electron chi connectivity index (χ0n) is 14.4. The monoisotopic (exact) mass is 368 g/mol. The van der Waals surface area contributed by atoms with Crippen LogP contribution >= 0.6 is 11.6 Å². The van der Waals surface area contributed by atoms with Crippen molar-refractivity contribution in [3.05, 3.63) is 58.6 Å². The van der Waals surface area contributed by atoms with Crippen molar-refractivity contribution in [2.75, 3.05) is 12.3 Å². The van der Waals surface area contributed by atoms with Gasteiger partial charge >= 0.3 is 0 Å². The minimum atomic E-state index is -0.160. The maximum absolute atomic E-state index is 12.7. The molecule has 2 aliphatic rings. The summed E-state index contributed by atoms with van der Waals surface area (Å²) in [4.78, 5) is 19.5. The predicted octanol–water partition coefficient (Wildman–Crippen LogP) is 3.29. The predicted molar refractivity (Wildman–Crippen MR) is 105 cm³/mol. The summed E-state index contributed by atoms with van der Waals surface area (Å²) in [5.41, 5.74) is 9.64. The number of carbonyl (C=O) groups is 1. The van der Waals surface area contributed by atoms with Gasteiger partial charge in [0.25, 0.3) is 0 Å². The number of hydrogen-bond donors (Lipinski definition) is 2. The number of rotatable bonds is 4. The van der Waals surface area contributed by atoms with Gasteiger partial charge in [-0.25, -0.2) is 4.99 Å². The molecule has 3 N–H and O–H groups in total. The Morgan fingerprint density at radius 2 is 2.08 bits per heavy atom. The lowest BCUT2D eigenvalue weighted by atomic mass is 10.1. The van der Waals surface area contributed by atoms with Crippen LogP contribution in [0.1, 0.15) is 24.0 Å². The van der Waals surface area contributed by atoms with Crippen LogP contribution in [0.25, 0.3) is 0 Å². The lowest BCUT2D eigenvalue weighted by Crippen LogP contribution is -2.45. The molecule has 2 aliphatic heterocycles. The Morgan fingerprint density at radius 1 is 1.27 bits per heavy atom. The van der Waals surface area contributed by atoms with Crippen LogP contribution in [-0.4, -0.2) is 29.2 Å². The van der Waals surface area contributed by atoms with Crippen molar-refractivity contribution in [1.29, 1.82) is 0 Å². The first kappa shape index (κ1) is 16.9. The first-order valence-corrected chi connectivity index (χ1v) is 9.23. The summed E-state index contributed by atoms with van der Waals surface area (Å²) >= 11 is 6.10. The molecule has 1 saturated heterocycles. The molecule has 26 heavy (non-hydrogen) atoms. The van der Waals surface area contributed by atoms with E-state index in [2.05, 4.69) is 10.2 Å². The number of anilines is 1. The van der Waals surface area contributed by atoms with Gasteiger partial charge in [-0.1, -0.05) is 23.7 Å². The maximum Gasteiger partial charge on any atom is 0.242 e. The fourth-order valence-electron chi connectivity index (χ4n) is 3.58. The molecule has 0 unspecified atom stereocenters.